The van der Waals surface area contributed by atoms with E-state index in [0.29, 0.717) is 18.8 Å². The molecular formula is C19H24N2O2. The summed E-state index contributed by atoms with van der Waals surface area (Å²) in [5.74, 6) is 2.40. The normalized spacial score (nSPS) is 14.6. The molecule has 0 amide bonds. The molecule has 1 aliphatic rings. The van der Waals surface area contributed by atoms with Crippen LogP contribution >= 0.6 is 0 Å². The number of ether oxygens (including phenoxy) is 1. The number of carbonyl (C=O) groups is 1. The van der Waals surface area contributed by atoms with Gasteiger partial charge in [0.25, 0.3) is 0 Å². The molecule has 0 spiro atoms. The van der Waals surface area contributed by atoms with Gasteiger partial charge < -0.3 is 9.53 Å². The predicted octanol–water partition coefficient (Wildman–Crippen LogP) is 4.31. The van der Waals surface area contributed by atoms with E-state index < -0.39 is 0 Å². The summed E-state index contributed by atoms with van der Waals surface area (Å²) in [6.45, 7) is 3.69. The molecule has 4 nitrogen and oxygen atoms in total. The Labute approximate surface area is 137 Å². The van der Waals surface area contributed by atoms with Crippen LogP contribution in [0.2, 0.25) is 0 Å². The van der Waals surface area contributed by atoms with Crippen LogP contribution < -0.4 is 4.74 Å². The average molecular weight is 312 g/mol. The lowest BCUT2D eigenvalue weighted by Gasteiger charge is -2.26. The predicted molar refractivity (Wildman–Crippen MR) is 90.1 cm³/mol. The molecule has 0 radical (unpaired) electrons. The second kappa shape index (κ2) is 6.57. The molecule has 1 aromatic carbocycles. The van der Waals surface area contributed by atoms with Crippen LogP contribution in [0, 0.1) is 6.92 Å². The first kappa shape index (κ1) is 15.8. The van der Waals surface area contributed by atoms with E-state index in [0.717, 1.165) is 17.3 Å². The van der Waals surface area contributed by atoms with Crippen LogP contribution in [0.1, 0.15) is 55.3 Å². The summed E-state index contributed by atoms with van der Waals surface area (Å²) >= 11 is 0. The van der Waals surface area contributed by atoms with Gasteiger partial charge in [0.2, 0.25) is 5.88 Å². The minimum absolute atomic E-state index is 0.205. The second-order valence-electron chi connectivity index (χ2n) is 6.54. The Balaban J connectivity index is 1.92. The van der Waals surface area contributed by atoms with E-state index in [9.17, 15) is 4.79 Å². The number of hydrogen-bond donors (Lipinski definition) is 0. The van der Waals surface area contributed by atoms with Gasteiger partial charge in [-0.3, -0.25) is 0 Å². The van der Waals surface area contributed by atoms with Crippen molar-refractivity contribution in [1.29, 1.82) is 0 Å². The van der Waals surface area contributed by atoms with Gasteiger partial charge in [0.15, 0.2) is 0 Å². The molecule has 1 fully saturated rings. The molecule has 0 unspecified atom stereocenters. The minimum atomic E-state index is 0.205. The number of nitrogens with zero attached hydrogens (tertiary/aromatic N) is 2. The summed E-state index contributed by atoms with van der Waals surface area (Å²) in [6.07, 6.45) is 4.87. The van der Waals surface area contributed by atoms with Crippen molar-refractivity contribution in [3.8, 4) is 11.6 Å². The van der Waals surface area contributed by atoms with Crippen molar-refractivity contribution in [2.45, 2.75) is 51.9 Å². The highest BCUT2D eigenvalue weighted by Crippen LogP contribution is 2.44. The van der Waals surface area contributed by atoms with Gasteiger partial charge in [-0.05, 0) is 56.7 Å². The monoisotopic (exact) mass is 312 g/mol. The van der Waals surface area contributed by atoms with Crippen molar-refractivity contribution in [1.82, 2.24) is 9.78 Å². The van der Waals surface area contributed by atoms with Crippen LogP contribution in [0.5, 0.6) is 11.6 Å². The molecule has 0 saturated heterocycles. The molecule has 0 N–H and O–H groups in total. The smallest absolute Gasteiger partial charge is 0.221 e. The number of rotatable bonds is 6. The highest BCUT2D eigenvalue weighted by molar-refractivity contribution is 5.75. The molecule has 1 aliphatic carbocycles. The number of aryl methyl sites for hydroxylation is 3. The van der Waals surface area contributed by atoms with Crippen LogP contribution in [0.15, 0.2) is 24.3 Å². The first-order valence-corrected chi connectivity index (χ1v) is 8.34. The maximum absolute atomic E-state index is 11.3. The molecule has 0 aliphatic heterocycles. The SMILES string of the molecule is CC(=O)CCc1nn(C)c(Oc2cccc(C)c2)c1C1CCC1. The zero-order valence-corrected chi connectivity index (χ0v) is 14.1. The maximum atomic E-state index is 11.3. The van der Waals surface area contributed by atoms with E-state index in [4.69, 9.17) is 4.74 Å². The molecule has 3 rings (SSSR count). The number of hydrogen-bond acceptors (Lipinski definition) is 3. The molecular weight excluding hydrogens is 288 g/mol. The van der Waals surface area contributed by atoms with E-state index in [2.05, 4.69) is 18.1 Å². The largest absolute Gasteiger partial charge is 0.439 e. The molecule has 1 aromatic heterocycles. The lowest BCUT2D eigenvalue weighted by Crippen LogP contribution is -2.12. The summed E-state index contributed by atoms with van der Waals surface area (Å²) in [4.78, 5) is 11.3. The summed E-state index contributed by atoms with van der Waals surface area (Å²) in [5, 5.41) is 4.64. The number of benzene rings is 1. The van der Waals surface area contributed by atoms with E-state index in [1.807, 2.05) is 29.9 Å². The zero-order valence-electron chi connectivity index (χ0n) is 14.1. The summed E-state index contributed by atoms with van der Waals surface area (Å²) < 4.78 is 8.01. The Bertz CT molecular complexity index is 714. The quantitative estimate of drug-likeness (QED) is 0.798. The molecule has 0 bridgehead atoms. The van der Waals surface area contributed by atoms with Crippen molar-refractivity contribution < 1.29 is 9.53 Å². The van der Waals surface area contributed by atoms with Gasteiger partial charge in [-0.15, -0.1) is 0 Å². The van der Waals surface area contributed by atoms with Gasteiger partial charge in [-0.1, -0.05) is 18.6 Å². The van der Waals surface area contributed by atoms with Gasteiger partial charge in [0.05, 0.1) is 5.69 Å². The van der Waals surface area contributed by atoms with E-state index in [1.165, 1.54) is 30.4 Å². The number of carbonyl (C=O) groups excluding carboxylic acids is 1. The maximum Gasteiger partial charge on any atom is 0.221 e. The number of aromatic nitrogens is 2. The Hall–Kier alpha value is -2.10. The van der Waals surface area contributed by atoms with Crippen molar-refractivity contribution in [3.63, 3.8) is 0 Å². The Morgan fingerprint density at radius 1 is 1.39 bits per heavy atom. The third-order valence-corrected chi connectivity index (χ3v) is 4.54. The molecule has 122 valence electrons. The number of ketones is 1. The third-order valence-electron chi connectivity index (χ3n) is 4.54. The molecule has 23 heavy (non-hydrogen) atoms. The van der Waals surface area contributed by atoms with Gasteiger partial charge in [0.1, 0.15) is 11.5 Å². The van der Waals surface area contributed by atoms with Crippen LogP contribution in [0.25, 0.3) is 0 Å². The highest BCUT2D eigenvalue weighted by Gasteiger charge is 2.30. The fourth-order valence-electron chi connectivity index (χ4n) is 3.08. The topological polar surface area (TPSA) is 44.1 Å². The molecule has 4 heteroatoms. The van der Waals surface area contributed by atoms with Crippen LogP contribution in [-0.4, -0.2) is 15.6 Å². The van der Waals surface area contributed by atoms with Crippen molar-refractivity contribution in [2.75, 3.05) is 0 Å². The van der Waals surface area contributed by atoms with Crippen molar-refractivity contribution in [3.05, 3.63) is 41.1 Å². The lowest BCUT2D eigenvalue weighted by atomic mass is 9.79. The average Bonchev–Trinajstić information content (AvgIpc) is 2.72. The van der Waals surface area contributed by atoms with E-state index in [1.54, 1.807) is 6.92 Å². The molecule has 1 saturated carbocycles. The Kier molecular flexibility index (Phi) is 4.51. The van der Waals surface area contributed by atoms with Gasteiger partial charge >= 0.3 is 0 Å². The highest BCUT2D eigenvalue weighted by atomic mass is 16.5. The van der Waals surface area contributed by atoms with Crippen molar-refractivity contribution >= 4 is 5.78 Å². The fraction of sp³-hybridized carbons (Fsp3) is 0.474. The first-order chi connectivity index (χ1) is 11.0. The van der Waals surface area contributed by atoms with Crippen LogP contribution in [-0.2, 0) is 18.3 Å². The van der Waals surface area contributed by atoms with Crippen LogP contribution in [0.3, 0.4) is 0 Å². The van der Waals surface area contributed by atoms with Gasteiger partial charge in [-0.2, -0.15) is 5.10 Å². The molecule has 2 aromatic rings. The lowest BCUT2D eigenvalue weighted by molar-refractivity contribution is -0.117. The number of Topliss-reactive ketones (excluding diaryl/α,β-unsaturated/α-hetero) is 1. The van der Waals surface area contributed by atoms with E-state index >= 15 is 0 Å². The summed E-state index contributed by atoms with van der Waals surface area (Å²) in [7, 11) is 1.92. The van der Waals surface area contributed by atoms with Gasteiger partial charge in [0, 0.05) is 19.0 Å². The van der Waals surface area contributed by atoms with Gasteiger partial charge in [-0.25, -0.2) is 4.68 Å². The minimum Gasteiger partial charge on any atom is -0.439 e. The standard InChI is InChI=1S/C19H24N2O2/c1-13-6-4-9-16(12-13)23-19-18(15-7-5-8-15)17(20-21(19)3)11-10-14(2)22/h4,6,9,12,15H,5,7-8,10-11H2,1-3H3. The molecule has 0 atom stereocenters. The third kappa shape index (κ3) is 3.46. The molecule has 1 heterocycles. The second-order valence-corrected chi connectivity index (χ2v) is 6.54. The zero-order chi connectivity index (χ0) is 16.4. The summed E-state index contributed by atoms with van der Waals surface area (Å²) in [6, 6.07) is 8.06. The van der Waals surface area contributed by atoms with Crippen LogP contribution in [0.4, 0.5) is 0 Å². The Morgan fingerprint density at radius 2 is 2.17 bits per heavy atom. The summed E-state index contributed by atoms with van der Waals surface area (Å²) in [5.41, 5.74) is 3.41. The van der Waals surface area contributed by atoms with Crippen molar-refractivity contribution in [2.24, 2.45) is 7.05 Å². The van der Waals surface area contributed by atoms with E-state index in [-0.39, 0.29) is 5.78 Å². The first-order valence-electron chi connectivity index (χ1n) is 8.34. The fourth-order valence-corrected chi connectivity index (χ4v) is 3.08. The Morgan fingerprint density at radius 3 is 2.78 bits per heavy atom.